The minimum atomic E-state index is -0.0559. The van der Waals surface area contributed by atoms with Crippen molar-refractivity contribution >= 4 is 15.9 Å². The average molecular weight is 285 g/mol. The molecule has 0 bridgehead atoms. The van der Waals surface area contributed by atoms with Gasteiger partial charge < -0.3 is 13.7 Å². The van der Waals surface area contributed by atoms with Gasteiger partial charge in [-0.1, -0.05) is 5.16 Å². The Kier molecular flexibility index (Phi) is 2.53. The molecule has 1 aliphatic heterocycles. The van der Waals surface area contributed by atoms with E-state index in [9.17, 15) is 0 Å². The molecule has 5 nitrogen and oxygen atoms in total. The first kappa shape index (κ1) is 10.0. The lowest BCUT2D eigenvalue weighted by Gasteiger charge is -2.00. The molecule has 0 aliphatic carbocycles. The van der Waals surface area contributed by atoms with Crippen LogP contribution in [-0.4, -0.2) is 16.7 Å². The van der Waals surface area contributed by atoms with Crippen molar-refractivity contribution in [2.75, 3.05) is 6.61 Å². The molecular formula is C10H9BrN2O3. The number of hydrogen-bond acceptors (Lipinski definition) is 5. The summed E-state index contributed by atoms with van der Waals surface area (Å²) in [5.74, 6) is 1.57. The van der Waals surface area contributed by atoms with Crippen molar-refractivity contribution in [3.05, 3.63) is 22.7 Å². The van der Waals surface area contributed by atoms with Crippen LogP contribution in [0.3, 0.4) is 0 Å². The molecule has 84 valence electrons. The van der Waals surface area contributed by atoms with Gasteiger partial charge in [0.1, 0.15) is 6.10 Å². The van der Waals surface area contributed by atoms with Crippen molar-refractivity contribution < 1.29 is 13.7 Å². The third-order valence-corrected chi connectivity index (χ3v) is 2.87. The number of ether oxygens (including phenoxy) is 1. The Hall–Kier alpha value is -1.14. The highest BCUT2D eigenvalue weighted by Gasteiger charge is 2.24. The van der Waals surface area contributed by atoms with E-state index in [2.05, 4.69) is 26.1 Å². The van der Waals surface area contributed by atoms with Gasteiger partial charge in [0.05, 0.1) is 0 Å². The van der Waals surface area contributed by atoms with Crippen LogP contribution >= 0.6 is 15.9 Å². The van der Waals surface area contributed by atoms with E-state index in [1.165, 1.54) is 0 Å². The van der Waals surface area contributed by atoms with E-state index in [1.807, 2.05) is 0 Å². The fourth-order valence-electron chi connectivity index (χ4n) is 1.67. The van der Waals surface area contributed by atoms with E-state index in [0.717, 1.165) is 19.4 Å². The van der Waals surface area contributed by atoms with Crippen molar-refractivity contribution in [2.45, 2.75) is 18.9 Å². The molecule has 1 saturated heterocycles. The van der Waals surface area contributed by atoms with Crippen LogP contribution < -0.4 is 0 Å². The normalized spacial score (nSPS) is 20.4. The van der Waals surface area contributed by atoms with E-state index in [1.54, 1.807) is 12.1 Å². The Balaban J connectivity index is 1.87. The van der Waals surface area contributed by atoms with Crippen LogP contribution in [0.2, 0.25) is 0 Å². The number of furan rings is 1. The fourth-order valence-corrected chi connectivity index (χ4v) is 1.98. The molecular weight excluding hydrogens is 276 g/mol. The SMILES string of the molecule is Brc1ccc(-c2noc([C@H]3CCCO3)n2)o1. The number of halogens is 1. The third-order valence-electron chi connectivity index (χ3n) is 2.44. The molecule has 0 unspecified atom stereocenters. The molecule has 1 aliphatic rings. The molecule has 6 heteroatoms. The molecule has 3 heterocycles. The number of rotatable bonds is 2. The van der Waals surface area contributed by atoms with Crippen LogP contribution in [0.1, 0.15) is 24.8 Å². The lowest BCUT2D eigenvalue weighted by atomic mass is 10.2. The molecule has 0 radical (unpaired) electrons. The third kappa shape index (κ3) is 1.78. The Morgan fingerprint density at radius 3 is 3.00 bits per heavy atom. The standard InChI is InChI=1S/C10H9BrN2O3/c11-8-4-3-6(15-8)9-12-10(16-13-9)7-2-1-5-14-7/h3-4,7H,1-2,5H2/t7-/m1/s1. The average Bonchev–Trinajstić information content (AvgIpc) is 2.97. The summed E-state index contributed by atoms with van der Waals surface area (Å²) in [6.45, 7) is 0.759. The van der Waals surface area contributed by atoms with Gasteiger partial charge >= 0.3 is 0 Å². The molecule has 16 heavy (non-hydrogen) atoms. The predicted molar refractivity (Wildman–Crippen MR) is 57.6 cm³/mol. The van der Waals surface area contributed by atoms with Crippen molar-refractivity contribution in [3.63, 3.8) is 0 Å². The van der Waals surface area contributed by atoms with E-state index in [0.29, 0.717) is 22.1 Å². The molecule has 0 amide bonds. The highest BCUT2D eigenvalue weighted by atomic mass is 79.9. The maximum absolute atomic E-state index is 5.46. The van der Waals surface area contributed by atoms with Crippen molar-refractivity contribution in [3.8, 4) is 11.6 Å². The first-order chi connectivity index (χ1) is 7.83. The molecule has 0 N–H and O–H groups in total. The summed E-state index contributed by atoms with van der Waals surface area (Å²) in [6, 6.07) is 3.58. The van der Waals surface area contributed by atoms with E-state index < -0.39 is 0 Å². The quantitative estimate of drug-likeness (QED) is 0.848. The maximum Gasteiger partial charge on any atom is 0.256 e. The second-order valence-corrected chi connectivity index (χ2v) is 4.34. The molecule has 0 saturated carbocycles. The number of hydrogen-bond donors (Lipinski definition) is 0. The zero-order valence-corrected chi connectivity index (χ0v) is 9.94. The second kappa shape index (κ2) is 4.03. The van der Waals surface area contributed by atoms with Crippen LogP contribution in [0.15, 0.2) is 25.7 Å². The molecule has 2 aromatic heterocycles. The summed E-state index contributed by atoms with van der Waals surface area (Å²) in [4.78, 5) is 4.26. The Bertz CT molecular complexity index is 488. The summed E-state index contributed by atoms with van der Waals surface area (Å²) in [7, 11) is 0. The highest BCUT2D eigenvalue weighted by Crippen LogP contribution is 2.29. The zero-order chi connectivity index (χ0) is 11.0. The summed E-state index contributed by atoms with van der Waals surface area (Å²) in [5, 5.41) is 3.86. The first-order valence-electron chi connectivity index (χ1n) is 5.04. The molecule has 1 atom stereocenters. The van der Waals surface area contributed by atoms with E-state index >= 15 is 0 Å². The van der Waals surface area contributed by atoms with Crippen LogP contribution in [0.25, 0.3) is 11.6 Å². The smallest absolute Gasteiger partial charge is 0.256 e. The molecule has 3 rings (SSSR count). The van der Waals surface area contributed by atoms with Crippen LogP contribution in [0.5, 0.6) is 0 Å². The van der Waals surface area contributed by atoms with Crippen molar-refractivity contribution in [2.24, 2.45) is 0 Å². The van der Waals surface area contributed by atoms with Crippen LogP contribution in [-0.2, 0) is 4.74 Å². The zero-order valence-electron chi connectivity index (χ0n) is 8.35. The number of nitrogens with zero attached hydrogens (tertiary/aromatic N) is 2. The van der Waals surface area contributed by atoms with Crippen LogP contribution in [0, 0.1) is 0 Å². The van der Waals surface area contributed by atoms with Gasteiger partial charge in [0.25, 0.3) is 5.89 Å². The number of aromatic nitrogens is 2. The van der Waals surface area contributed by atoms with Gasteiger partial charge in [-0.15, -0.1) is 0 Å². The second-order valence-electron chi connectivity index (χ2n) is 3.56. The summed E-state index contributed by atoms with van der Waals surface area (Å²) < 4.78 is 16.6. The largest absolute Gasteiger partial charge is 0.446 e. The first-order valence-corrected chi connectivity index (χ1v) is 5.83. The van der Waals surface area contributed by atoms with Gasteiger partial charge in [0.2, 0.25) is 5.82 Å². The lowest BCUT2D eigenvalue weighted by molar-refractivity contribution is 0.0835. The van der Waals surface area contributed by atoms with Gasteiger partial charge in [-0.2, -0.15) is 4.98 Å². The predicted octanol–water partition coefficient (Wildman–Crippen LogP) is 2.94. The van der Waals surface area contributed by atoms with Gasteiger partial charge in [-0.3, -0.25) is 0 Å². The van der Waals surface area contributed by atoms with Gasteiger partial charge in [-0.05, 0) is 40.9 Å². The monoisotopic (exact) mass is 284 g/mol. The minimum Gasteiger partial charge on any atom is -0.446 e. The van der Waals surface area contributed by atoms with Gasteiger partial charge in [0.15, 0.2) is 10.4 Å². The highest BCUT2D eigenvalue weighted by molar-refractivity contribution is 9.10. The van der Waals surface area contributed by atoms with Gasteiger partial charge in [-0.25, -0.2) is 0 Å². The molecule has 1 fully saturated rings. The van der Waals surface area contributed by atoms with Crippen LogP contribution in [0.4, 0.5) is 0 Å². The fraction of sp³-hybridized carbons (Fsp3) is 0.400. The Morgan fingerprint density at radius 1 is 1.38 bits per heavy atom. The van der Waals surface area contributed by atoms with E-state index in [4.69, 9.17) is 13.7 Å². The van der Waals surface area contributed by atoms with Crippen molar-refractivity contribution in [1.82, 2.24) is 10.1 Å². The Morgan fingerprint density at radius 2 is 2.31 bits per heavy atom. The topological polar surface area (TPSA) is 61.3 Å². The van der Waals surface area contributed by atoms with Crippen molar-refractivity contribution in [1.29, 1.82) is 0 Å². The molecule has 2 aromatic rings. The summed E-state index contributed by atoms with van der Waals surface area (Å²) >= 11 is 3.22. The van der Waals surface area contributed by atoms with E-state index in [-0.39, 0.29) is 6.10 Å². The summed E-state index contributed by atoms with van der Waals surface area (Å²) in [5.41, 5.74) is 0. The Labute approximate surface area is 99.9 Å². The maximum atomic E-state index is 5.46. The lowest BCUT2D eigenvalue weighted by Crippen LogP contribution is -1.95. The molecule has 0 aromatic carbocycles. The minimum absolute atomic E-state index is 0.0559. The summed E-state index contributed by atoms with van der Waals surface area (Å²) in [6.07, 6.45) is 1.91. The van der Waals surface area contributed by atoms with Gasteiger partial charge in [0, 0.05) is 6.61 Å². The molecule has 0 spiro atoms.